The van der Waals surface area contributed by atoms with Crippen LogP contribution in [0, 0.1) is 0 Å². The Morgan fingerprint density at radius 1 is 1.25 bits per heavy atom. The van der Waals surface area contributed by atoms with Crippen molar-refractivity contribution < 1.29 is 9.32 Å². The van der Waals surface area contributed by atoms with E-state index in [9.17, 15) is 4.79 Å². The average molecular weight is 271 g/mol. The fourth-order valence-electron chi connectivity index (χ4n) is 2.64. The zero-order valence-electron chi connectivity index (χ0n) is 11.2. The minimum Gasteiger partial charge on any atom is -0.368 e. The lowest BCUT2D eigenvalue weighted by atomic mass is 9.93. The number of rotatable bonds is 2. The largest absolute Gasteiger partial charge is 0.368 e. The van der Waals surface area contributed by atoms with Crippen molar-refractivity contribution >= 4 is 11.8 Å². The van der Waals surface area contributed by atoms with Gasteiger partial charge in [0.25, 0.3) is 5.91 Å². The molecule has 0 unspecified atom stereocenters. The molecule has 0 aliphatic carbocycles. The predicted octanol–water partition coefficient (Wildman–Crippen LogP) is 2.28. The molecule has 1 fully saturated rings. The molecule has 0 spiro atoms. The first-order valence-electron chi connectivity index (χ1n) is 6.80. The van der Waals surface area contributed by atoms with Crippen molar-refractivity contribution in [1.82, 2.24) is 10.1 Å². The molecule has 1 amide bonds. The van der Waals surface area contributed by atoms with Crippen LogP contribution in [0.5, 0.6) is 0 Å². The van der Waals surface area contributed by atoms with Crippen LogP contribution in [-0.4, -0.2) is 29.1 Å². The number of aromatic nitrogens is 1. The van der Waals surface area contributed by atoms with Gasteiger partial charge in [0.15, 0.2) is 0 Å². The molecule has 2 N–H and O–H groups in total. The van der Waals surface area contributed by atoms with Crippen LogP contribution in [0.25, 0.3) is 0 Å². The summed E-state index contributed by atoms with van der Waals surface area (Å²) >= 11 is 0. The second kappa shape index (κ2) is 5.36. The number of nitrogen functional groups attached to an aromatic ring is 1. The lowest BCUT2D eigenvalue weighted by Crippen LogP contribution is -2.37. The van der Waals surface area contributed by atoms with Crippen LogP contribution in [0.3, 0.4) is 0 Å². The first kappa shape index (κ1) is 12.7. The molecular formula is C15H17N3O2. The van der Waals surface area contributed by atoms with Crippen LogP contribution in [0.2, 0.25) is 0 Å². The van der Waals surface area contributed by atoms with Crippen molar-refractivity contribution in [2.24, 2.45) is 0 Å². The maximum absolute atomic E-state index is 12.3. The smallest absolute Gasteiger partial charge is 0.253 e. The van der Waals surface area contributed by atoms with Crippen LogP contribution < -0.4 is 5.73 Å². The van der Waals surface area contributed by atoms with Crippen LogP contribution in [-0.2, 0) is 0 Å². The standard InChI is InChI=1S/C15H17N3O2/c16-14-10-13(17-20-14)11-6-8-18(9-7-11)15(19)12-4-2-1-3-5-12/h1-5,10-11H,6-9,16H2. The summed E-state index contributed by atoms with van der Waals surface area (Å²) in [7, 11) is 0. The molecule has 0 bridgehead atoms. The van der Waals surface area contributed by atoms with Gasteiger partial charge in [-0.3, -0.25) is 4.79 Å². The molecule has 5 nitrogen and oxygen atoms in total. The molecule has 2 heterocycles. The first-order valence-corrected chi connectivity index (χ1v) is 6.80. The van der Waals surface area contributed by atoms with E-state index in [-0.39, 0.29) is 5.91 Å². The summed E-state index contributed by atoms with van der Waals surface area (Å²) < 4.78 is 4.91. The second-order valence-electron chi connectivity index (χ2n) is 5.09. The Morgan fingerprint density at radius 3 is 2.55 bits per heavy atom. The van der Waals surface area contributed by atoms with Gasteiger partial charge in [0.2, 0.25) is 5.88 Å². The number of carbonyl (C=O) groups excluding carboxylic acids is 1. The van der Waals surface area contributed by atoms with Gasteiger partial charge in [-0.15, -0.1) is 0 Å². The quantitative estimate of drug-likeness (QED) is 0.909. The van der Waals surface area contributed by atoms with E-state index in [1.807, 2.05) is 35.2 Å². The molecular weight excluding hydrogens is 254 g/mol. The summed E-state index contributed by atoms with van der Waals surface area (Å²) in [6.07, 6.45) is 1.79. The topological polar surface area (TPSA) is 72.4 Å². The van der Waals surface area contributed by atoms with Crippen molar-refractivity contribution in [2.45, 2.75) is 18.8 Å². The number of likely N-dealkylation sites (tertiary alicyclic amines) is 1. The Morgan fingerprint density at radius 2 is 1.95 bits per heavy atom. The van der Waals surface area contributed by atoms with Gasteiger partial charge in [-0.2, -0.15) is 0 Å². The normalized spacial score (nSPS) is 16.3. The van der Waals surface area contributed by atoms with E-state index in [2.05, 4.69) is 5.16 Å². The fraction of sp³-hybridized carbons (Fsp3) is 0.333. The molecule has 0 saturated carbocycles. The molecule has 104 valence electrons. The Labute approximate surface area is 117 Å². The second-order valence-corrected chi connectivity index (χ2v) is 5.09. The molecule has 20 heavy (non-hydrogen) atoms. The molecule has 1 aliphatic heterocycles. The van der Waals surface area contributed by atoms with Gasteiger partial charge in [0.1, 0.15) is 0 Å². The van der Waals surface area contributed by atoms with Crippen molar-refractivity contribution in [3.05, 3.63) is 47.7 Å². The molecule has 5 heteroatoms. The minimum atomic E-state index is 0.101. The number of benzene rings is 1. The highest BCUT2D eigenvalue weighted by Crippen LogP contribution is 2.28. The highest BCUT2D eigenvalue weighted by Gasteiger charge is 2.26. The average Bonchev–Trinajstić information content (AvgIpc) is 2.94. The van der Waals surface area contributed by atoms with Crippen molar-refractivity contribution in [3.63, 3.8) is 0 Å². The molecule has 3 rings (SSSR count). The molecule has 1 aliphatic rings. The first-order chi connectivity index (χ1) is 9.74. The van der Waals surface area contributed by atoms with E-state index >= 15 is 0 Å². The van der Waals surface area contributed by atoms with Gasteiger partial charge in [0.05, 0.1) is 5.69 Å². The van der Waals surface area contributed by atoms with Crippen LogP contribution in [0.1, 0.15) is 34.8 Å². The Bertz CT molecular complexity index is 586. The molecule has 0 radical (unpaired) electrons. The molecule has 1 aromatic carbocycles. The highest BCUT2D eigenvalue weighted by molar-refractivity contribution is 5.94. The zero-order chi connectivity index (χ0) is 13.9. The fourth-order valence-corrected chi connectivity index (χ4v) is 2.64. The van der Waals surface area contributed by atoms with Crippen molar-refractivity contribution in [1.29, 1.82) is 0 Å². The molecule has 0 atom stereocenters. The molecule has 2 aromatic rings. The summed E-state index contributed by atoms with van der Waals surface area (Å²) in [5, 5.41) is 3.96. The Kier molecular flexibility index (Phi) is 3.41. The number of nitrogens with two attached hydrogens (primary N) is 1. The van der Waals surface area contributed by atoms with E-state index < -0.39 is 0 Å². The summed E-state index contributed by atoms with van der Waals surface area (Å²) in [6.45, 7) is 1.48. The van der Waals surface area contributed by atoms with Gasteiger partial charge >= 0.3 is 0 Å². The predicted molar refractivity (Wildman–Crippen MR) is 75.2 cm³/mol. The number of anilines is 1. The third-order valence-electron chi connectivity index (χ3n) is 3.77. The van der Waals surface area contributed by atoms with Gasteiger partial charge < -0.3 is 15.2 Å². The Hall–Kier alpha value is -2.30. The number of hydrogen-bond acceptors (Lipinski definition) is 4. The number of carbonyl (C=O) groups is 1. The van der Waals surface area contributed by atoms with Gasteiger partial charge in [-0.1, -0.05) is 23.4 Å². The lowest BCUT2D eigenvalue weighted by Gasteiger charge is -2.31. The lowest BCUT2D eigenvalue weighted by molar-refractivity contribution is 0.0711. The summed E-state index contributed by atoms with van der Waals surface area (Å²) in [4.78, 5) is 14.2. The highest BCUT2D eigenvalue weighted by atomic mass is 16.5. The third-order valence-corrected chi connectivity index (χ3v) is 3.77. The van der Waals surface area contributed by atoms with Crippen LogP contribution in [0.4, 0.5) is 5.88 Å². The van der Waals surface area contributed by atoms with Gasteiger partial charge in [-0.25, -0.2) is 0 Å². The van der Waals surface area contributed by atoms with E-state index in [0.717, 1.165) is 37.2 Å². The zero-order valence-corrected chi connectivity index (χ0v) is 11.2. The van der Waals surface area contributed by atoms with Crippen molar-refractivity contribution in [3.8, 4) is 0 Å². The monoisotopic (exact) mass is 271 g/mol. The minimum absolute atomic E-state index is 0.101. The SMILES string of the molecule is Nc1cc(C2CCN(C(=O)c3ccccc3)CC2)no1. The van der Waals surface area contributed by atoms with Gasteiger partial charge in [0, 0.05) is 30.6 Å². The Balaban J connectivity index is 1.63. The van der Waals surface area contributed by atoms with Gasteiger partial charge in [-0.05, 0) is 25.0 Å². The summed E-state index contributed by atoms with van der Waals surface area (Å²) in [5.41, 5.74) is 7.19. The maximum Gasteiger partial charge on any atom is 0.253 e. The van der Waals surface area contributed by atoms with E-state index in [0.29, 0.717) is 11.8 Å². The van der Waals surface area contributed by atoms with E-state index in [1.165, 1.54) is 0 Å². The van der Waals surface area contributed by atoms with Crippen molar-refractivity contribution in [2.75, 3.05) is 18.8 Å². The molecule has 1 saturated heterocycles. The van der Waals surface area contributed by atoms with E-state index in [1.54, 1.807) is 6.07 Å². The van der Waals surface area contributed by atoms with Crippen LogP contribution >= 0.6 is 0 Å². The number of piperidine rings is 1. The number of hydrogen-bond donors (Lipinski definition) is 1. The summed E-state index contributed by atoms with van der Waals surface area (Å²) in [5.74, 6) is 0.780. The van der Waals surface area contributed by atoms with E-state index in [4.69, 9.17) is 10.3 Å². The number of nitrogens with zero attached hydrogens (tertiary/aromatic N) is 2. The third kappa shape index (κ3) is 2.52. The van der Waals surface area contributed by atoms with Crippen LogP contribution in [0.15, 0.2) is 40.9 Å². The summed E-state index contributed by atoms with van der Waals surface area (Å²) in [6, 6.07) is 11.2. The molecule has 1 aromatic heterocycles. The number of amides is 1. The maximum atomic E-state index is 12.3.